The number of rotatable bonds is 5. The van der Waals surface area contributed by atoms with E-state index in [1.165, 1.54) is 0 Å². The Kier molecular flexibility index (Phi) is 5.74. The summed E-state index contributed by atoms with van der Waals surface area (Å²) in [5.41, 5.74) is 2.08. The second kappa shape index (κ2) is 6.83. The molecule has 94 valence electrons. The molecule has 0 bridgehead atoms. The first kappa shape index (κ1) is 14.3. The van der Waals surface area contributed by atoms with Gasteiger partial charge in [0.1, 0.15) is 5.75 Å². The molecule has 0 saturated carbocycles. The SMILES string of the molecule is CCCC(Oc1ccc(Br)cc1Cl)C(=O)NN. The molecule has 1 amide bonds. The second-order valence-electron chi connectivity index (χ2n) is 3.48. The molecule has 6 heteroatoms. The van der Waals surface area contributed by atoms with Gasteiger partial charge in [-0.2, -0.15) is 0 Å². The van der Waals surface area contributed by atoms with Crippen molar-refractivity contribution in [3.63, 3.8) is 0 Å². The molecule has 0 heterocycles. The topological polar surface area (TPSA) is 64.3 Å². The molecule has 3 N–H and O–H groups in total. The Morgan fingerprint density at radius 2 is 2.35 bits per heavy atom. The van der Waals surface area contributed by atoms with Crippen molar-refractivity contribution in [3.05, 3.63) is 27.7 Å². The third-order valence-corrected chi connectivity index (χ3v) is 2.94. The lowest BCUT2D eigenvalue weighted by Gasteiger charge is -2.17. The number of hydrogen-bond donors (Lipinski definition) is 2. The number of amides is 1. The first-order valence-electron chi connectivity index (χ1n) is 5.20. The van der Waals surface area contributed by atoms with Crippen molar-refractivity contribution >= 4 is 33.4 Å². The van der Waals surface area contributed by atoms with E-state index in [1.54, 1.807) is 18.2 Å². The highest BCUT2D eigenvalue weighted by Gasteiger charge is 2.19. The minimum Gasteiger partial charge on any atom is -0.479 e. The van der Waals surface area contributed by atoms with Crippen LogP contribution in [0, 0.1) is 0 Å². The third kappa shape index (κ3) is 4.18. The van der Waals surface area contributed by atoms with Gasteiger partial charge in [0.15, 0.2) is 6.10 Å². The largest absolute Gasteiger partial charge is 0.479 e. The van der Waals surface area contributed by atoms with Gasteiger partial charge in [-0.1, -0.05) is 40.9 Å². The Hall–Kier alpha value is -0.780. The highest BCUT2D eigenvalue weighted by atomic mass is 79.9. The fourth-order valence-corrected chi connectivity index (χ4v) is 2.04. The van der Waals surface area contributed by atoms with Crippen LogP contribution in [-0.2, 0) is 4.79 Å². The zero-order chi connectivity index (χ0) is 12.8. The van der Waals surface area contributed by atoms with Gasteiger partial charge in [0.05, 0.1) is 5.02 Å². The summed E-state index contributed by atoms with van der Waals surface area (Å²) in [6, 6.07) is 5.21. The summed E-state index contributed by atoms with van der Waals surface area (Å²) in [5.74, 6) is 5.21. The summed E-state index contributed by atoms with van der Waals surface area (Å²) in [5, 5.41) is 0.449. The number of carbonyl (C=O) groups excluding carboxylic acids is 1. The zero-order valence-corrected chi connectivity index (χ0v) is 11.7. The van der Waals surface area contributed by atoms with Crippen molar-refractivity contribution in [1.82, 2.24) is 5.43 Å². The van der Waals surface area contributed by atoms with E-state index in [-0.39, 0.29) is 5.91 Å². The van der Waals surface area contributed by atoms with E-state index in [9.17, 15) is 4.79 Å². The monoisotopic (exact) mass is 320 g/mol. The number of nitrogens with two attached hydrogens (primary N) is 1. The van der Waals surface area contributed by atoms with Crippen LogP contribution in [0.4, 0.5) is 0 Å². The Bertz CT molecular complexity index is 401. The van der Waals surface area contributed by atoms with Crippen molar-refractivity contribution in [1.29, 1.82) is 0 Å². The number of hydrazine groups is 1. The highest BCUT2D eigenvalue weighted by Crippen LogP contribution is 2.29. The lowest BCUT2D eigenvalue weighted by Crippen LogP contribution is -2.42. The summed E-state index contributed by atoms with van der Waals surface area (Å²) in [4.78, 5) is 11.5. The van der Waals surface area contributed by atoms with Gasteiger partial charge in [0.25, 0.3) is 5.91 Å². The van der Waals surface area contributed by atoms with E-state index in [0.717, 1.165) is 10.9 Å². The number of ether oxygens (including phenoxy) is 1. The average molecular weight is 322 g/mol. The molecular formula is C11H14BrClN2O2. The summed E-state index contributed by atoms with van der Waals surface area (Å²) in [6.45, 7) is 1.96. The molecule has 1 rings (SSSR count). The lowest BCUT2D eigenvalue weighted by atomic mass is 10.2. The van der Waals surface area contributed by atoms with Gasteiger partial charge >= 0.3 is 0 Å². The highest BCUT2D eigenvalue weighted by molar-refractivity contribution is 9.10. The van der Waals surface area contributed by atoms with Crippen LogP contribution in [0.15, 0.2) is 22.7 Å². The van der Waals surface area contributed by atoms with Crippen molar-refractivity contribution in [2.45, 2.75) is 25.9 Å². The van der Waals surface area contributed by atoms with Crippen LogP contribution in [0.5, 0.6) is 5.75 Å². The van der Waals surface area contributed by atoms with E-state index < -0.39 is 6.10 Å². The Morgan fingerprint density at radius 1 is 1.65 bits per heavy atom. The Labute approximate surface area is 114 Å². The lowest BCUT2D eigenvalue weighted by molar-refractivity contribution is -0.128. The average Bonchev–Trinajstić information content (AvgIpc) is 2.30. The minimum atomic E-state index is -0.622. The fraction of sp³-hybridized carbons (Fsp3) is 0.364. The van der Waals surface area contributed by atoms with Gasteiger partial charge in [-0.15, -0.1) is 0 Å². The van der Waals surface area contributed by atoms with Crippen molar-refractivity contribution < 1.29 is 9.53 Å². The van der Waals surface area contributed by atoms with Gasteiger partial charge in [0, 0.05) is 4.47 Å². The molecule has 1 atom stereocenters. The van der Waals surface area contributed by atoms with Crippen molar-refractivity contribution in [3.8, 4) is 5.75 Å². The summed E-state index contributed by atoms with van der Waals surface area (Å²) in [6.07, 6.45) is 0.769. The first-order chi connectivity index (χ1) is 8.08. The van der Waals surface area contributed by atoms with E-state index >= 15 is 0 Å². The van der Waals surface area contributed by atoms with E-state index in [1.807, 2.05) is 6.92 Å². The molecule has 0 aliphatic carbocycles. The van der Waals surface area contributed by atoms with Crippen LogP contribution >= 0.6 is 27.5 Å². The molecule has 1 aromatic carbocycles. The Balaban J connectivity index is 2.82. The molecule has 1 unspecified atom stereocenters. The maximum Gasteiger partial charge on any atom is 0.274 e. The van der Waals surface area contributed by atoms with Gasteiger partial charge < -0.3 is 4.74 Å². The number of carbonyl (C=O) groups is 1. The molecule has 0 aromatic heterocycles. The van der Waals surface area contributed by atoms with Crippen LogP contribution in [0.2, 0.25) is 5.02 Å². The Morgan fingerprint density at radius 3 is 2.88 bits per heavy atom. The predicted molar refractivity (Wildman–Crippen MR) is 70.8 cm³/mol. The standard InChI is InChI=1S/C11H14BrClN2O2/c1-2-3-10(11(16)15-14)17-9-5-4-7(12)6-8(9)13/h4-6,10H,2-3,14H2,1H3,(H,15,16). The van der Waals surface area contributed by atoms with E-state index in [4.69, 9.17) is 22.2 Å². The summed E-state index contributed by atoms with van der Waals surface area (Å²) >= 11 is 9.30. The second-order valence-corrected chi connectivity index (χ2v) is 4.80. The molecule has 0 fully saturated rings. The zero-order valence-electron chi connectivity index (χ0n) is 9.37. The molecule has 0 aliphatic rings. The van der Waals surface area contributed by atoms with Crippen LogP contribution in [-0.4, -0.2) is 12.0 Å². The van der Waals surface area contributed by atoms with Gasteiger partial charge in [-0.05, 0) is 24.6 Å². The smallest absolute Gasteiger partial charge is 0.274 e. The van der Waals surface area contributed by atoms with Gasteiger partial charge in [-0.3, -0.25) is 10.2 Å². The predicted octanol–water partition coefficient (Wildman–Crippen LogP) is 2.64. The minimum absolute atomic E-state index is 0.356. The summed E-state index contributed by atoms with van der Waals surface area (Å²) in [7, 11) is 0. The number of nitrogens with one attached hydrogen (secondary N) is 1. The molecule has 17 heavy (non-hydrogen) atoms. The number of halogens is 2. The number of benzene rings is 1. The van der Waals surface area contributed by atoms with Gasteiger partial charge in [-0.25, -0.2) is 5.84 Å². The molecule has 0 radical (unpaired) electrons. The van der Waals surface area contributed by atoms with Crippen LogP contribution < -0.4 is 16.0 Å². The van der Waals surface area contributed by atoms with E-state index in [2.05, 4.69) is 21.4 Å². The van der Waals surface area contributed by atoms with Crippen molar-refractivity contribution in [2.75, 3.05) is 0 Å². The first-order valence-corrected chi connectivity index (χ1v) is 6.37. The normalized spacial score (nSPS) is 12.0. The molecule has 4 nitrogen and oxygen atoms in total. The molecule has 1 aromatic rings. The number of hydrogen-bond acceptors (Lipinski definition) is 3. The molecule has 0 spiro atoms. The fourth-order valence-electron chi connectivity index (χ4n) is 1.32. The summed E-state index contributed by atoms with van der Waals surface area (Å²) < 4.78 is 6.40. The van der Waals surface area contributed by atoms with Crippen LogP contribution in [0.25, 0.3) is 0 Å². The maximum absolute atomic E-state index is 11.5. The molecule has 0 aliphatic heterocycles. The maximum atomic E-state index is 11.5. The molecular weight excluding hydrogens is 307 g/mol. The van der Waals surface area contributed by atoms with Crippen LogP contribution in [0.1, 0.15) is 19.8 Å². The third-order valence-electron chi connectivity index (χ3n) is 2.15. The molecule has 0 saturated heterocycles. The van der Waals surface area contributed by atoms with Crippen LogP contribution in [0.3, 0.4) is 0 Å². The van der Waals surface area contributed by atoms with E-state index in [0.29, 0.717) is 17.2 Å². The van der Waals surface area contributed by atoms with Crippen molar-refractivity contribution in [2.24, 2.45) is 5.84 Å². The quantitative estimate of drug-likeness (QED) is 0.498. The van der Waals surface area contributed by atoms with Gasteiger partial charge in [0.2, 0.25) is 0 Å².